The number of methoxy groups -OCH3 is 1. The molecule has 0 spiro atoms. The molecule has 0 bridgehead atoms. The molecule has 2 saturated heterocycles. The molecule has 2 aliphatic heterocycles. The molecule has 222 valence electrons. The molecule has 10 nitrogen and oxygen atoms in total. The smallest absolute Gasteiger partial charge is 0.318 e. The van der Waals surface area contributed by atoms with Crippen molar-refractivity contribution < 1.29 is 13.5 Å². The Morgan fingerprint density at radius 1 is 1.19 bits per heavy atom. The number of hydrogen-bond acceptors (Lipinski definition) is 9. The number of fused-ring (bicyclic) bond motifs is 2. The number of ether oxygens (including phenoxy) is 1. The molecule has 3 unspecified atom stereocenters. The molecule has 12 heteroatoms. The summed E-state index contributed by atoms with van der Waals surface area (Å²) in [6.45, 7) is 7.81. The number of alkyl halides is 1. The van der Waals surface area contributed by atoms with Crippen LogP contribution in [0.1, 0.15) is 33.1 Å². The summed E-state index contributed by atoms with van der Waals surface area (Å²) in [5, 5.41) is 18.1. The van der Waals surface area contributed by atoms with Gasteiger partial charge >= 0.3 is 6.01 Å². The molecule has 0 saturated carbocycles. The first-order valence-electron chi connectivity index (χ1n) is 14.4. The Morgan fingerprint density at radius 2 is 2.02 bits per heavy atom. The Bertz CT molecular complexity index is 1570. The van der Waals surface area contributed by atoms with Crippen molar-refractivity contribution in [3.63, 3.8) is 0 Å². The summed E-state index contributed by atoms with van der Waals surface area (Å²) in [5.41, 5.74) is 1.77. The van der Waals surface area contributed by atoms with Gasteiger partial charge in [0.05, 0.1) is 36.7 Å². The number of nitrogens with zero attached hydrogens (tertiary/aromatic N) is 8. The van der Waals surface area contributed by atoms with Gasteiger partial charge < -0.3 is 15.0 Å². The Balaban J connectivity index is 0.000000300. The van der Waals surface area contributed by atoms with E-state index in [4.69, 9.17) is 10.00 Å². The van der Waals surface area contributed by atoms with E-state index in [1.807, 2.05) is 30.1 Å². The standard InChI is InChI=1S/C22H21FN8O.C8H16FN/c1-30-20-13(10-27-30)4-3-5-15(20)18-17(23)19-16(11-26-18)21(29-22(28-19)32-2)31-9-8-25-14(12-31)6-7-24;1-3-8-5-7(9)6-10(8)4-2/h3-5,10-11,14,25H,6,8-9,12H2,1-2H3;7-8H,3-6H2,1-2H3. The Hall–Kier alpha value is -3.95. The van der Waals surface area contributed by atoms with Crippen LogP contribution in [0.4, 0.5) is 14.6 Å². The van der Waals surface area contributed by atoms with Crippen LogP contribution in [0.25, 0.3) is 33.1 Å². The number of para-hydroxylation sites is 1. The zero-order valence-corrected chi connectivity index (χ0v) is 24.5. The van der Waals surface area contributed by atoms with Crippen molar-refractivity contribution >= 4 is 27.6 Å². The van der Waals surface area contributed by atoms with E-state index in [1.54, 1.807) is 17.1 Å². The fourth-order valence-corrected chi connectivity index (χ4v) is 5.97. The number of anilines is 1. The molecular formula is C30H37F2N9O. The zero-order chi connectivity index (χ0) is 29.8. The largest absolute Gasteiger partial charge is 0.467 e. The monoisotopic (exact) mass is 577 g/mol. The molecule has 1 N–H and O–H groups in total. The SMILES string of the molecule is CCC1CC(F)CN1CC.COc1nc(N2CCNC(CC#N)C2)c2cnc(-c3cccc4cnn(C)c34)c(F)c2n1. The highest BCUT2D eigenvalue weighted by Gasteiger charge is 2.29. The second-order valence-corrected chi connectivity index (χ2v) is 10.7. The van der Waals surface area contributed by atoms with Gasteiger partial charge in [0.25, 0.3) is 0 Å². The number of pyridine rings is 1. The summed E-state index contributed by atoms with van der Waals surface area (Å²) in [6.07, 6.45) is 5.01. The number of halogens is 2. The molecule has 0 radical (unpaired) electrons. The molecule has 1 aromatic carbocycles. The number of piperazine rings is 1. The van der Waals surface area contributed by atoms with Crippen molar-refractivity contribution in [1.29, 1.82) is 5.26 Å². The van der Waals surface area contributed by atoms with E-state index in [0.717, 1.165) is 30.3 Å². The zero-order valence-electron chi connectivity index (χ0n) is 24.5. The normalized spacial score (nSPS) is 20.9. The van der Waals surface area contributed by atoms with Crippen LogP contribution in [-0.2, 0) is 7.05 Å². The lowest BCUT2D eigenvalue weighted by atomic mass is 10.1. The number of nitriles is 1. The first-order valence-corrected chi connectivity index (χ1v) is 14.4. The first kappa shape index (κ1) is 29.5. The van der Waals surface area contributed by atoms with Gasteiger partial charge in [-0.1, -0.05) is 32.0 Å². The third-order valence-corrected chi connectivity index (χ3v) is 8.09. The van der Waals surface area contributed by atoms with Crippen LogP contribution in [0.3, 0.4) is 0 Å². The highest BCUT2D eigenvalue weighted by Crippen LogP contribution is 2.34. The second-order valence-electron chi connectivity index (χ2n) is 10.7. The van der Waals surface area contributed by atoms with E-state index in [0.29, 0.717) is 55.4 Å². The van der Waals surface area contributed by atoms with Gasteiger partial charge in [-0.15, -0.1) is 0 Å². The lowest BCUT2D eigenvalue weighted by molar-refractivity contribution is 0.251. The molecule has 42 heavy (non-hydrogen) atoms. The molecule has 5 heterocycles. The second kappa shape index (κ2) is 12.9. The van der Waals surface area contributed by atoms with E-state index in [1.165, 1.54) is 7.11 Å². The summed E-state index contributed by atoms with van der Waals surface area (Å²) >= 11 is 0. The molecule has 3 atom stereocenters. The number of hydrogen-bond donors (Lipinski definition) is 1. The van der Waals surface area contributed by atoms with Gasteiger partial charge in [-0.2, -0.15) is 20.3 Å². The summed E-state index contributed by atoms with van der Waals surface area (Å²) in [4.78, 5) is 17.5. The molecule has 0 amide bonds. The maximum absolute atomic E-state index is 15.9. The van der Waals surface area contributed by atoms with Crippen LogP contribution in [0.5, 0.6) is 6.01 Å². The molecular weight excluding hydrogens is 540 g/mol. The molecule has 0 aliphatic carbocycles. The molecule has 2 fully saturated rings. The highest BCUT2D eigenvalue weighted by atomic mass is 19.1. The summed E-state index contributed by atoms with van der Waals surface area (Å²) < 4.78 is 35.6. The number of nitrogens with one attached hydrogen (secondary N) is 1. The van der Waals surface area contributed by atoms with Gasteiger partial charge in [0.2, 0.25) is 0 Å². The van der Waals surface area contributed by atoms with Crippen LogP contribution >= 0.6 is 0 Å². The lowest BCUT2D eigenvalue weighted by Crippen LogP contribution is -2.51. The Kier molecular flexibility index (Phi) is 9.09. The van der Waals surface area contributed by atoms with Crippen LogP contribution in [0, 0.1) is 17.1 Å². The lowest BCUT2D eigenvalue weighted by Gasteiger charge is -2.34. The average molecular weight is 578 g/mol. The maximum Gasteiger partial charge on any atom is 0.318 e. The average Bonchev–Trinajstić information content (AvgIpc) is 3.59. The van der Waals surface area contributed by atoms with Crippen molar-refractivity contribution in [2.45, 2.75) is 51.4 Å². The van der Waals surface area contributed by atoms with Crippen LogP contribution in [-0.4, -0.2) is 87.7 Å². The Morgan fingerprint density at radius 3 is 2.74 bits per heavy atom. The Labute approximate surface area is 244 Å². The number of likely N-dealkylation sites (tertiary alicyclic amines) is 1. The van der Waals surface area contributed by atoms with E-state index in [2.05, 4.69) is 50.2 Å². The fourth-order valence-electron chi connectivity index (χ4n) is 5.97. The minimum atomic E-state index is -0.565. The van der Waals surface area contributed by atoms with E-state index >= 15 is 4.39 Å². The van der Waals surface area contributed by atoms with Crippen molar-refractivity contribution in [1.82, 2.24) is 34.9 Å². The predicted molar refractivity (Wildman–Crippen MR) is 159 cm³/mol. The van der Waals surface area contributed by atoms with Crippen LogP contribution in [0.15, 0.2) is 30.6 Å². The van der Waals surface area contributed by atoms with Gasteiger partial charge in [-0.3, -0.25) is 14.6 Å². The van der Waals surface area contributed by atoms with E-state index < -0.39 is 12.0 Å². The summed E-state index contributed by atoms with van der Waals surface area (Å²) in [6, 6.07) is 8.40. The number of rotatable bonds is 6. The van der Waals surface area contributed by atoms with Gasteiger partial charge in [0.15, 0.2) is 5.82 Å². The van der Waals surface area contributed by atoms with Crippen LogP contribution in [0.2, 0.25) is 0 Å². The summed E-state index contributed by atoms with van der Waals surface area (Å²) in [7, 11) is 3.27. The molecule has 4 aromatic rings. The minimum absolute atomic E-state index is 0.00397. The van der Waals surface area contributed by atoms with Crippen molar-refractivity contribution in [3.8, 4) is 23.3 Å². The summed E-state index contributed by atoms with van der Waals surface area (Å²) in [5.74, 6) is 0.00911. The first-order chi connectivity index (χ1) is 20.4. The quantitative estimate of drug-likeness (QED) is 0.360. The highest BCUT2D eigenvalue weighted by molar-refractivity contribution is 5.97. The maximum atomic E-state index is 15.9. The van der Waals surface area contributed by atoms with Gasteiger partial charge in [-0.05, 0) is 19.4 Å². The topological polar surface area (TPSA) is 108 Å². The van der Waals surface area contributed by atoms with Crippen molar-refractivity contribution in [2.24, 2.45) is 7.05 Å². The van der Waals surface area contributed by atoms with E-state index in [9.17, 15) is 4.39 Å². The minimum Gasteiger partial charge on any atom is -0.467 e. The molecule has 6 rings (SSSR count). The number of benzene rings is 1. The van der Waals surface area contributed by atoms with Gasteiger partial charge in [0.1, 0.15) is 23.2 Å². The third-order valence-electron chi connectivity index (χ3n) is 8.09. The number of aryl methyl sites for hydroxylation is 1. The molecule has 2 aliphatic rings. The van der Waals surface area contributed by atoms with Crippen molar-refractivity contribution in [3.05, 3.63) is 36.4 Å². The molecule has 3 aromatic heterocycles. The van der Waals surface area contributed by atoms with Gasteiger partial charge in [0, 0.05) is 62.5 Å². The van der Waals surface area contributed by atoms with Crippen molar-refractivity contribution in [2.75, 3.05) is 44.7 Å². The predicted octanol–water partition coefficient (Wildman–Crippen LogP) is 4.25. The van der Waals surface area contributed by atoms with Gasteiger partial charge in [-0.25, -0.2) is 8.78 Å². The fraction of sp³-hybridized carbons (Fsp3) is 0.500. The third kappa shape index (κ3) is 5.84. The number of aromatic nitrogens is 5. The van der Waals surface area contributed by atoms with Crippen LogP contribution < -0.4 is 15.0 Å². The van der Waals surface area contributed by atoms with E-state index in [-0.39, 0.29) is 23.3 Å².